The van der Waals surface area contributed by atoms with Gasteiger partial charge in [0.05, 0.1) is 43.1 Å². The van der Waals surface area contributed by atoms with E-state index < -0.39 is 0 Å². The zero-order valence-electron chi connectivity index (χ0n) is 17.6. The van der Waals surface area contributed by atoms with Crippen LogP contribution < -0.4 is 25.9 Å². The van der Waals surface area contributed by atoms with Gasteiger partial charge in [0, 0.05) is 6.54 Å². The summed E-state index contributed by atoms with van der Waals surface area (Å²) < 4.78 is 13.9. The normalized spacial score (nSPS) is 12.1. The summed E-state index contributed by atoms with van der Waals surface area (Å²) in [6, 6.07) is 15.4. The van der Waals surface area contributed by atoms with Gasteiger partial charge in [0.25, 0.3) is 0 Å². The van der Waals surface area contributed by atoms with Gasteiger partial charge in [-0.2, -0.15) is 0 Å². The van der Waals surface area contributed by atoms with Crippen molar-refractivity contribution in [2.75, 3.05) is 14.2 Å². The molecular formula is C24H24N4O3. The topological polar surface area (TPSA) is 74.1 Å². The highest BCUT2D eigenvalue weighted by Crippen LogP contribution is 2.12. The molecule has 2 heterocycles. The number of imidazole rings is 2. The summed E-state index contributed by atoms with van der Waals surface area (Å²) in [5, 5.41) is 2.47. The lowest BCUT2D eigenvalue weighted by atomic mass is 10.2. The maximum absolute atomic E-state index is 12.6. The molecule has 0 radical (unpaired) electrons. The number of ether oxygens (including phenoxy) is 2. The average molecular weight is 416 g/mol. The van der Waals surface area contributed by atoms with Crippen molar-refractivity contribution in [2.45, 2.75) is 13.1 Å². The van der Waals surface area contributed by atoms with Gasteiger partial charge in [0.1, 0.15) is 16.8 Å². The molecule has 0 aliphatic heterocycles. The first-order valence-corrected chi connectivity index (χ1v) is 9.78. The number of aromatic amines is 1. The van der Waals surface area contributed by atoms with Gasteiger partial charge in [0.15, 0.2) is 0 Å². The van der Waals surface area contributed by atoms with E-state index in [1.807, 2.05) is 53.1 Å². The summed E-state index contributed by atoms with van der Waals surface area (Å²) in [6.07, 6.45) is 1.72. The van der Waals surface area contributed by atoms with E-state index in [0.29, 0.717) is 34.5 Å². The molecule has 2 aromatic heterocycles. The minimum absolute atomic E-state index is 0.236. The third-order valence-electron chi connectivity index (χ3n) is 5.29. The number of benzene rings is 2. The van der Waals surface area contributed by atoms with Crippen LogP contribution in [0, 0.1) is 10.7 Å². The number of rotatable bonds is 6. The minimum Gasteiger partial charge on any atom is -0.497 e. The van der Waals surface area contributed by atoms with Crippen LogP contribution >= 0.6 is 0 Å². The Balaban J connectivity index is 1.71. The Hall–Kier alpha value is -4.00. The lowest BCUT2D eigenvalue weighted by Gasteiger charge is -2.04. The summed E-state index contributed by atoms with van der Waals surface area (Å²) in [5.41, 5.74) is 1.83. The third kappa shape index (κ3) is 4.02. The monoisotopic (exact) mass is 416 g/mol. The van der Waals surface area contributed by atoms with Crippen molar-refractivity contribution in [1.82, 2.24) is 19.1 Å². The van der Waals surface area contributed by atoms with Crippen LogP contribution in [-0.2, 0) is 13.1 Å². The van der Waals surface area contributed by atoms with Crippen LogP contribution in [0.4, 0.5) is 0 Å². The fourth-order valence-corrected chi connectivity index (χ4v) is 3.46. The quantitative estimate of drug-likeness (QED) is 0.518. The van der Waals surface area contributed by atoms with Gasteiger partial charge in [-0.15, -0.1) is 0 Å². The molecule has 2 aromatic carbocycles. The van der Waals surface area contributed by atoms with Crippen LogP contribution in [0.2, 0.25) is 0 Å². The molecule has 0 amide bonds. The van der Waals surface area contributed by atoms with Gasteiger partial charge in [0.2, 0.25) is 0 Å². The van der Waals surface area contributed by atoms with E-state index in [1.54, 1.807) is 25.1 Å². The van der Waals surface area contributed by atoms with Crippen molar-refractivity contribution in [1.29, 1.82) is 0 Å². The van der Waals surface area contributed by atoms with Crippen LogP contribution in [0.3, 0.4) is 0 Å². The van der Waals surface area contributed by atoms with Crippen LogP contribution in [0.25, 0.3) is 13.2 Å². The highest BCUT2D eigenvalue weighted by atomic mass is 16.5. The van der Waals surface area contributed by atoms with Crippen molar-refractivity contribution < 1.29 is 9.47 Å². The predicted octanol–water partition coefficient (Wildman–Crippen LogP) is 1.59. The summed E-state index contributed by atoms with van der Waals surface area (Å²) in [6.45, 7) is 9.30. The Bertz CT molecular complexity index is 1450. The van der Waals surface area contributed by atoms with Crippen molar-refractivity contribution in [2.24, 2.45) is 0 Å². The second-order valence-corrected chi connectivity index (χ2v) is 7.20. The van der Waals surface area contributed by atoms with Gasteiger partial charge >= 0.3 is 5.69 Å². The van der Waals surface area contributed by atoms with E-state index in [2.05, 4.69) is 23.1 Å². The third-order valence-corrected chi connectivity index (χ3v) is 5.29. The fraction of sp³-hybridized carbons (Fsp3) is 0.167. The van der Waals surface area contributed by atoms with Crippen LogP contribution in [0.5, 0.6) is 11.5 Å². The SMILES string of the molecule is C=c1/c(=c2/[nH]c(=O)n(Cc3ccc(OC)cc3)c2=C)ncn1Cc1ccc(OC)cc1. The van der Waals surface area contributed by atoms with Crippen LogP contribution in [-0.4, -0.2) is 33.3 Å². The minimum atomic E-state index is -0.236. The lowest BCUT2D eigenvalue weighted by molar-refractivity contribution is 0.414. The number of aromatic nitrogens is 4. The summed E-state index contributed by atoms with van der Waals surface area (Å²) >= 11 is 0. The van der Waals surface area contributed by atoms with Crippen molar-refractivity contribution in [3.05, 3.63) is 97.9 Å². The van der Waals surface area contributed by atoms with E-state index >= 15 is 0 Å². The number of methoxy groups -OCH3 is 2. The van der Waals surface area contributed by atoms with E-state index in [0.717, 1.165) is 22.6 Å². The summed E-state index contributed by atoms with van der Waals surface area (Å²) in [4.78, 5) is 20.0. The largest absolute Gasteiger partial charge is 0.497 e. The van der Waals surface area contributed by atoms with Gasteiger partial charge in [-0.05, 0) is 35.4 Å². The molecule has 0 aliphatic rings. The number of H-pyrrole nitrogens is 1. The van der Waals surface area contributed by atoms with E-state index in [1.165, 1.54) is 0 Å². The number of nitrogens with zero attached hydrogens (tertiary/aromatic N) is 3. The van der Waals surface area contributed by atoms with Crippen molar-refractivity contribution in [3.63, 3.8) is 0 Å². The van der Waals surface area contributed by atoms with Crippen LogP contribution in [0.1, 0.15) is 11.1 Å². The fourth-order valence-electron chi connectivity index (χ4n) is 3.46. The Kier molecular flexibility index (Phi) is 5.49. The molecule has 0 aliphatic carbocycles. The maximum Gasteiger partial charge on any atom is 0.326 e. The molecule has 4 rings (SSSR count). The van der Waals surface area contributed by atoms with E-state index in [-0.39, 0.29) is 5.69 Å². The zero-order chi connectivity index (χ0) is 22.0. The molecule has 4 aromatic rings. The zero-order valence-corrected chi connectivity index (χ0v) is 17.6. The van der Waals surface area contributed by atoms with E-state index in [4.69, 9.17) is 9.47 Å². The van der Waals surface area contributed by atoms with Crippen molar-refractivity contribution in [3.8, 4) is 11.5 Å². The maximum atomic E-state index is 12.6. The standard InChI is InChI=1S/C24H24N4O3/c1-16-22(25-15-27(16)13-18-5-9-20(30-3)10-6-18)23-17(2)28(24(29)26-23)14-19-7-11-21(31-4)12-8-19/h5-12,15H,1-2,13-14H2,3-4H3,(H,26,29)/b23-22-. The molecule has 0 unspecified atom stereocenters. The Labute approximate surface area is 178 Å². The second kappa shape index (κ2) is 8.39. The smallest absolute Gasteiger partial charge is 0.326 e. The first-order valence-electron chi connectivity index (χ1n) is 9.78. The second-order valence-electron chi connectivity index (χ2n) is 7.20. The Morgan fingerprint density at radius 2 is 1.42 bits per heavy atom. The van der Waals surface area contributed by atoms with Gasteiger partial charge in [-0.25, -0.2) is 9.78 Å². The number of nitrogens with one attached hydrogen (secondary N) is 1. The molecule has 7 heteroatoms. The first-order chi connectivity index (χ1) is 15.0. The van der Waals surface area contributed by atoms with Gasteiger partial charge in [-0.3, -0.25) is 4.57 Å². The molecule has 0 fully saturated rings. The van der Waals surface area contributed by atoms with Gasteiger partial charge < -0.3 is 19.0 Å². The van der Waals surface area contributed by atoms with Gasteiger partial charge in [-0.1, -0.05) is 37.4 Å². The predicted molar refractivity (Wildman–Crippen MR) is 119 cm³/mol. The molecule has 0 saturated carbocycles. The average Bonchev–Trinajstić information content (AvgIpc) is 3.28. The molecule has 7 nitrogen and oxygen atoms in total. The molecule has 158 valence electrons. The highest BCUT2D eigenvalue weighted by Gasteiger charge is 2.06. The molecule has 0 bridgehead atoms. The van der Waals surface area contributed by atoms with Crippen molar-refractivity contribution >= 4 is 13.2 Å². The summed E-state index contributed by atoms with van der Waals surface area (Å²) in [5.74, 6) is 1.58. The molecule has 0 atom stereocenters. The van der Waals surface area contributed by atoms with Crippen LogP contribution in [0.15, 0.2) is 59.7 Å². The number of hydrogen-bond donors (Lipinski definition) is 1. The summed E-state index contributed by atoms with van der Waals surface area (Å²) in [7, 11) is 3.26. The van der Waals surface area contributed by atoms with E-state index in [9.17, 15) is 4.79 Å². The molecular weight excluding hydrogens is 392 g/mol. The molecule has 1 N–H and O–H groups in total. The molecule has 31 heavy (non-hydrogen) atoms. The number of hydrogen-bond acceptors (Lipinski definition) is 4. The Morgan fingerprint density at radius 1 is 0.871 bits per heavy atom. The Morgan fingerprint density at radius 3 is 1.97 bits per heavy atom. The highest BCUT2D eigenvalue weighted by molar-refractivity contribution is 5.28. The molecule has 0 spiro atoms. The molecule has 0 saturated heterocycles. The lowest BCUT2D eigenvalue weighted by Crippen LogP contribution is -2.26. The first kappa shape index (κ1) is 20.3.